The Morgan fingerprint density at radius 3 is 2.88 bits per heavy atom. The topological polar surface area (TPSA) is 92.5 Å². The second kappa shape index (κ2) is 10.1. The minimum absolute atomic E-state index is 0.00941. The monoisotopic (exact) mass is 546 g/mol. The molecule has 2 aromatic rings. The van der Waals surface area contributed by atoms with Crippen molar-refractivity contribution >= 4 is 18.0 Å². The van der Waals surface area contributed by atoms with E-state index >= 15 is 0 Å². The van der Waals surface area contributed by atoms with E-state index in [-0.39, 0.29) is 41.2 Å². The molecular formula is C32H38N2O6. The number of carbonyl (C=O) groups is 2. The van der Waals surface area contributed by atoms with Crippen LogP contribution >= 0.6 is 0 Å². The van der Waals surface area contributed by atoms with Gasteiger partial charge in [0.2, 0.25) is 5.91 Å². The van der Waals surface area contributed by atoms with E-state index in [0.717, 1.165) is 49.0 Å². The fourth-order valence-corrected chi connectivity index (χ4v) is 8.02. The Hall–Kier alpha value is -3.52. The van der Waals surface area contributed by atoms with E-state index in [1.54, 1.807) is 24.7 Å². The average Bonchev–Trinajstić information content (AvgIpc) is 3.55. The van der Waals surface area contributed by atoms with Crippen LogP contribution in [0, 0.1) is 11.8 Å². The lowest BCUT2D eigenvalue weighted by Gasteiger charge is -2.60. The molecule has 1 aromatic heterocycles. The summed E-state index contributed by atoms with van der Waals surface area (Å²) in [6.45, 7) is 11.9. The number of phenolic OH excluding ortho intramolecular Hbond substituents is 1. The highest BCUT2D eigenvalue weighted by Gasteiger charge is 2.67. The maximum Gasteiger partial charge on any atom is 0.308 e. The minimum atomic E-state index is -0.418. The van der Waals surface area contributed by atoms with Crippen molar-refractivity contribution < 1.29 is 28.6 Å². The van der Waals surface area contributed by atoms with Gasteiger partial charge in [0.25, 0.3) is 0 Å². The number of phenols is 1. The van der Waals surface area contributed by atoms with E-state index < -0.39 is 5.97 Å². The smallest absolute Gasteiger partial charge is 0.308 e. The van der Waals surface area contributed by atoms with Gasteiger partial charge in [0.05, 0.1) is 18.6 Å². The van der Waals surface area contributed by atoms with E-state index in [1.165, 1.54) is 13.0 Å². The summed E-state index contributed by atoms with van der Waals surface area (Å²) in [5.74, 6) is 0.976. The molecule has 212 valence electrons. The Balaban J connectivity index is 1.45. The first-order valence-corrected chi connectivity index (χ1v) is 14.3. The maximum absolute atomic E-state index is 13.8. The molecule has 2 fully saturated rings. The minimum Gasteiger partial charge on any atom is -0.504 e. The number of hydrogen-bond donors (Lipinski definition) is 1. The van der Waals surface area contributed by atoms with Gasteiger partial charge in [-0.05, 0) is 56.2 Å². The molecule has 8 heteroatoms. The zero-order valence-corrected chi connectivity index (χ0v) is 23.5. The lowest BCUT2D eigenvalue weighted by Crippen LogP contribution is -2.69. The number of benzene rings is 1. The van der Waals surface area contributed by atoms with Crippen molar-refractivity contribution in [3.05, 3.63) is 60.1 Å². The number of furan rings is 1. The van der Waals surface area contributed by atoms with E-state index in [1.807, 2.05) is 17.0 Å². The van der Waals surface area contributed by atoms with Gasteiger partial charge in [-0.3, -0.25) is 14.5 Å². The number of esters is 1. The van der Waals surface area contributed by atoms with Crippen LogP contribution in [-0.2, 0) is 21.4 Å². The van der Waals surface area contributed by atoms with Gasteiger partial charge in [-0.25, -0.2) is 0 Å². The molecule has 1 aromatic carbocycles. The highest BCUT2D eigenvalue weighted by Crippen LogP contribution is 2.65. The van der Waals surface area contributed by atoms with Crippen molar-refractivity contribution in [2.24, 2.45) is 11.8 Å². The van der Waals surface area contributed by atoms with E-state index in [2.05, 4.69) is 25.3 Å². The number of hydrogen-bond acceptors (Lipinski definition) is 7. The lowest BCUT2D eigenvalue weighted by atomic mass is 9.50. The highest BCUT2D eigenvalue weighted by atomic mass is 16.5. The van der Waals surface area contributed by atoms with E-state index in [9.17, 15) is 14.7 Å². The Morgan fingerprint density at radius 1 is 1.35 bits per heavy atom. The van der Waals surface area contributed by atoms with E-state index in [0.29, 0.717) is 30.4 Å². The van der Waals surface area contributed by atoms with Crippen molar-refractivity contribution in [2.75, 3.05) is 19.6 Å². The van der Waals surface area contributed by atoms with Crippen molar-refractivity contribution in [2.45, 2.75) is 70.1 Å². The number of nitrogens with zero attached hydrogens (tertiary/aromatic N) is 2. The zero-order valence-electron chi connectivity index (χ0n) is 23.5. The Kier molecular flexibility index (Phi) is 6.77. The quantitative estimate of drug-likeness (QED) is 0.222. The molecule has 8 nitrogen and oxygen atoms in total. The summed E-state index contributed by atoms with van der Waals surface area (Å²) in [6, 6.07) is 3.41. The van der Waals surface area contributed by atoms with Crippen molar-refractivity contribution in [1.82, 2.24) is 9.80 Å². The van der Waals surface area contributed by atoms with Crippen molar-refractivity contribution in [3.63, 3.8) is 0 Å². The first-order valence-electron chi connectivity index (χ1n) is 14.3. The molecule has 1 N–H and O–H groups in total. The molecule has 0 radical (unpaired) electrons. The fraction of sp³-hybridized carbons (Fsp3) is 0.500. The third kappa shape index (κ3) is 4.15. The largest absolute Gasteiger partial charge is 0.504 e. The molecule has 0 unspecified atom stereocenters. The summed E-state index contributed by atoms with van der Waals surface area (Å²) in [5.41, 5.74) is 2.39. The number of rotatable bonds is 8. The van der Waals surface area contributed by atoms with Crippen LogP contribution in [0.2, 0.25) is 0 Å². The predicted octanol–water partition coefficient (Wildman–Crippen LogP) is 4.70. The summed E-state index contributed by atoms with van der Waals surface area (Å²) in [4.78, 5) is 30.3. The second-order valence-corrected chi connectivity index (χ2v) is 12.1. The molecule has 3 heterocycles. The van der Waals surface area contributed by atoms with Crippen LogP contribution in [0.5, 0.6) is 17.2 Å². The summed E-state index contributed by atoms with van der Waals surface area (Å²) < 4.78 is 17.6. The molecule has 2 bridgehead atoms. The number of ether oxygens (including phenoxy) is 2. The van der Waals surface area contributed by atoms with Crippen molar-refractivity contribution in [1.29, 1.82) is 0 Å². The summed E-state index contributed by atoms with van der Waals surface area (Å²) in [7, 11) is 0. The predicted molar refractivity (Wildman–Crippen MR) is 150 cm³/mol. The van der Waals surface area contributed by atoms with Crippen LogP contribution in [0.4, 0.5) is 0 Å². The number of carbonyl (C=O) groups excluding carboxylic acids is 2. The van der Waals surface area contributed by atoms with Gasteiger partial charge in [-0.15, -0.1) is 6.58 Å². The summed E-state index contributed by atoms with van der Waals surface area (Å²) >= 11 is 0. The molecular weight excluding hydrogens is 508 g/mol. The fourth-order valence-electron chi connectivity index (χ4n) is 8.02. The maximum atomic E-state index is 13.8. The molecule has 4 aliphatic rings. The molecule has 2 aliphatic heterocycles. The van der Waals surface area contributed by atoms with Crippen LogP contribution in [0.25, 0.3) is 6.08 Å². The number of amides is 1. The number of likely N-dealkylation sites (tertiary alicyclic amines) is 1. The molecule has 2 aliphatic carbocycles. The second-order valence-electron chi connectivity index (χ2n) is 12.1. The van der Waals surface area contributed by atoms with Gasteiger partial charge in [0, 0.05) is 60.3 Å². The summed E-state index contributed by atoms with van der Waals surface area (Å²) in [5, 5.41) is 11.2. The lowest BCUT2D eigenvalue weighted by molar-refractivity contribution is -0.138. The Bertz CT molecular complexity index is 1350. The number of piperidine rings is 1. The average molecular weight is 547 g/mol. The van der Waals surface area contributed by atoms with Crippen LogP contribution in [0.3, 0.4) is 0 Å². The SMILES string of the molecule is C=CCN1CC[C@]23c4c5c(OC(C)=O)cc(O)c4O[C@H]2[C@@H](N(CC(C)C)C(=O)/C=C/c2ccoc2)CC[C@H]3[C@H]1C5. The standard InChI is InChI=1S/C32H38N2O6/c1-5-12-33-13-11-32-23-7-8-24(34(17-19(2)3)28(37)9-6-21-10-14-38-18-21)31(32)40-30-26(36)16-27(39-20(4)35)22(29(30)32)15-25(23)33/h5-6,9-10,14,16,18-19,23-25,31,36H,1,7-8,11-13,15,17H2,2-4H3/b9-6+/t23-,24-,25+,31-,32-/m0/s1. The zero-order chi connectivity index (χ0) is 28.2. The molecule has 1 saturated heterocycles. The molecule has 1 saturated carbocycles. The molecule has 6 rings (SSSR count). The van der Waals surface area contributed by atoms with E-state index in [4.69, 9.17) is 13.9 Å². The first kappa shape index (κ1) is 26.7. The van der Waals surface area contributed by atoms with Gasteiger partial charge in [-0.2, -0.15) is 0 Å². The van der Waals surface area contributed by atoms with Gasteiger partial charge in [-0.1, -0.05) is 19.9 Å². The van der Waals surface area contributed by atoms with Gasteiger partial charge in [0.15, 0.2) is 11.5 Å². The third-order valence-electron chi connectivity index (χ3n) is 9.31. The van der Waals surface area contributed by atoms with Crippen LogP contribution in [0.15, 0.2) is 47.8 Å². The summed E-state index contributed by atoms with van der Waals surface area (Å²) in [6.07, 6.45) is 11.6. The molecule has 1 spiro atoms. The normalized spacial score (nSPS) is 28.3. The Labute approximate surface area is 235 Å². The number of aromatic hydroxyl groups is 1. The van der Waals surface area contributed by atoms with Crippen LogP contribution in [0.1, 0.15) is 56.7 Å². The van der Waals surface area contributed by atoms with Gasteiger partial charge in [0.1, 0.15) is 11.9 Å². The highest BCUT2D eigenvalue weighted by molar-refractivity contribution is 5.92. The van der Waals surface area contributed by atoms with Crippen LogP contribution in [-0.4, -0.2) is 64.6 Å². The Morgan fingerprint density at radius 2 is 2.17 bits per heavy atom. The molecule has 1 amide bonds. The third-order valence-corrected chi connectivity index (χ3v) is 9.31. The van der Waals surface area contributed by atoms with Gasteiger partial charge >= 0.3 is 5.97 Å². The molecule has 40 heavy (non-hydrogen) atoms. The first-order chi connectivity index (χ1) is 19.2. The molecule has 5 atom stereocenters. The van der Waals surface area contributed by atoms with Gasteiger partial charge < -0.3 is 23.9 Å². The van der Waals surface area contributed by atoms with Crippen molar-refractivity contribution in [3.8, 4) is 17.2 Å². The van der Waals surface area contributed by atoms with Crippen LogP contribution < -0.4 is 9.47 Å².